The van der Waals surface area contributed by atoms with Crippen LogP contribution in [0.4, 0.5) is 0 Å². The van der Waals surface area contributed by atoms with E-state index in [0.717, 1.165) is 0 Å². The van der Waals surface area contributed by atoms with E-state index in [9.17, 15) is 4.79 Å². The van der Waals surface area contributed by atoms with Gasteiger partial charge in [-0.05, 0) is 12.8 Å². The fraction of sp³-hybridized carbons (Fsp3) is 0.900. The molecule has 4 heteroatoms. The van der Waals surface area contributed by atoms with E-state index in [1.54, 1.807) is 0 Å². The minimum atomic E-state index is -0.281. The lowest BCUT2D eigenvalue weighted by Crippen LogP contribution is -2.37. The molecule has 3 atom stereocenters. The van der Waals surface area contributed by atoms with Crippen LogP contribution in [0.2, 0.25) is 0 Å². The van der Waals surface area contributed by atoms with Crippen molar-refractivity contribution in [2.75, 3.05) is 13.2 Å². The molecule has 0 amide bonds. The molecule has 2 N–H and O–H groups in total. The predicted octanol–water partition coefficient (Wildman–Crippen LogP) is 0.548. The van der Waals surface area contributed by atoms with Gasteiger partial charge in [-0.1, -0.05) is 13.8 Å². The van der Waals surface area contributed by atoms with Crippen molar-refractivity contribution in [1.82, 2.24) is 0 Å². The second kappa shape index (κ2) is 4.75. The van der Waals surface area contributed by atoms with Crippen molar-refractivity contribution in [3.63, 3.8) is 0 Å². The number of hydrogen-bond donors (Lipinski definition) is 1. The molecule has 4 nitrogen and oxygen atoms in total. The zero-order valence-corrected chi connectivity index (χ0v) is 9.03. The van der Waals surface area contributed by atoms with Crippen molar-refractivity contribution in [3.05, 3.63) is 0 Å². The highest BCUT2D eigenvalue weighted by Gasteiger charge is 2.33. The molecule has 1 aliphatic rings. The van der Waals surface area contributed by atoms with E-state index in [-0.39, 0.29) is 24.0 Å². The Kier molecular flexibility index (Phi) is 3.89. The molecule has 1 rings (SSSR count). The number of rotatable bonds is 3. The molecule has 0 aliphatic carbocycles. The smallest absolute Gasteiger partial charge is 0.313 e. The summed E-state index contributed by atoms with van der Waals surface area (Å²) >= 11 is 0. The van der Waals surface area contributed by atoms with Gasteiger partial charge in [0.1, 0.15) is 6.10 Å². The first kappa shape index (κ1) is 11.5. The molecule has 1 saturated heterocycles. The minimum Gasteiger partial charge on any atom is -0.462 e. The molecule has 0 aromatic carbocycles. The largest absolute Gasteiger partial charge is 0.462 e. The third-order valence-corrected chi connectivity index (χ3v) is 2.67. The van der Waals surface area contributed by atoms with Crippen LogP contribution in [-0.4, -0.2) is 31.3 Å². The average Bonchev–Trinajstić information content (AvgIpc) is 2.51. The van der Waals surface area contributed by atoms with Crippen LogP contribution < -0.4 is 5.73 Å². The van der Waals surface area contributed by atoms with E-state index in [4.69, 9.17) is 15.2 Å². The molecule has 0 aromatic rings. The van der Waals surface area contributed by atoms with Gasteiger partial charge in [-0.25, -0.2) is 0 Å². The maximum Gasteiger partial charge on any atom is 0.313 e. The normalized spacial score (nSPS) is 29.2. The molecule has 0 bridgehead atoms. The zero-order chi connectivity index (χ0) is 10.7. The van der Waals surface area contributed by atoms with Crippen molar-refractivity contribution in [3.8, 4) is 0 Å². The lowest BCUT2D eigenvalue weighted by atomic mass is 10.0. The van der Waals surface area contributed by atoms with E-state index in [0.29, 0.717) is 19.1 Å². The van der Waals surface area contributed by atoms with Crippen molar-refractivity contribution in [2.45, 2.75) is 32.9 Å². The van der Waals surface area contributed by atoms with E-state index in [1.807, 2.05) is 20.8 Å². The van der Waals surface area contributed by atoms with E-state index >= 15 is 0 Å². The monoisotopic (exact) mass is 201 g/mol. The number of carbonyl (C=O) groups is 1. The van der Waals surface area contributed by atoms with E-state index < -0.39 is 0 Å². The lowest BCUT2D eigenvalue weighted by molar-refractivity contribution is -0.155. The molecule has 3 unspecified atom stereocenters. The van der Waals surface area contributed by atoms with E-state index in [1.165, 1.54) is 0 Å². The molecular weight excluding hydrogens is 182 g/mol. The molecule has 82 valence electrons. The van der Waals surface area contributed by atoms with Gasteiger partial charge in [0.15, 0.2) is 0 Å². The maximum atomic E-state index is 11.6. The average molecular weight is 201 g/mol. The first-order valence-corrected chi connectivity index (χ1v) is 5.06. The Morgan fingerprint density at radius 2 is 2.07 bits per heavy atom. The number of ether oxygens (including phenoxy) is 2. The lowest BCUT2D eigenvalue weighted by Gasteiger charge is -2.20. The predicted molar refractivity (Wildman–Crippen MR) is 52.7 cm³/mol. The highest BCUT2D eigenvalue weighted by atomic mass is 16.5. The second-order valence-electron chi connectivity index (χ2n) is 4.19. The molecule has 1 heterocycles. The topological polar surface area (TPSA) is 61.5 Å². The van der Waals surface area contributed by atoms with Crippen molar-refractivity contribution >= 4 is 5.97 Å². The van der Waals surface area contributed by atoms with Crippen LogP contribution in [0, 0.1) is 11.8 Å². The van der Waals surface area contributed by atoms with Crippen LogP contribution in [0.25, 0.3) is 0 Å². The summed E-state index contributed by atoms with van der Waals surface area (Å²) in [6.45, 7) is 6.77. The molecular formula is C10H19NO3. The van der Waals surface area contributed by atoms with Gasteiger partial charge in [0.05, 0.1) is 19.1 Å². The number of esters is 1. The van der Waals surface area contributed by atoms with Crippen LogP contribution in [0.5, 0.6) is 0 Å². The van der Waals surface area contributed by atoms with Gasteiger partial charge < -0.3 is 15.2 Å². The third kappa shape index (κ3) is 2.69. The maximum absolute atomic E-state index is 11.6. The highest BCUT2D eigenvalue weighted by molar-refractivity contribution is 5.74. The fourth-order valence-corrected chi connectivity index (χ4v) is 1.22. The molecule has 0 radical (unpaired) electrons. The Bertz CT molecular complexity index is 206. The molecule has 0 saturated carbocycles. The minimum absolute atomic E-state index is 0.0599. The summed E-state index contributed by atoms with van der Waals surface area (Å²) in [6, 6.07) is -0.207. The molecule has 1 fully saturated rings. The van der Waals surface area contributed by atoms with Crippen LogP contribution >= 0.6 is 0 Å². The number of hydrogen-bond acceptors (Lipinski definition) is 4. The summed E-state index contributed by atoms with van der Waals surface area (Å²) in [6.07, 6.45) is -0.0599. The standard InChI is InChI=1S/C10H19NO3/c1-6(2)7(3)14-10(12)8-4-13-5-9(8)11/h6-9H,4-5,11H2,1-3H3. The number of carbonyl (C=O) groups excluding carboxylic acids is 1. The van der Waals surface area contributed by atoms with Gasteiger partial charge in [-0.3, -0.25) is 4.79 Å². The Balaban J connectivity index is 2.41. The van der Waals surface area contributed by atoms with Crippen LogP contribution in [0.15, 0.2) is 0 Å². The van der Waals surface area contributed by atoms with Gasteiger partial charge in [-0.2, -0.15) is 0 Å². The van der Waals surface area contributed by atoms with Crippen molar-refractivity contribution < 1.29 is 14.3 Å². The van der Waals surface area contributed by atoms with Gasteiger partial charge in [-0.15, -0.1) is 0 Å². The van der Waals surface area contributed by atoms with Crippen LogP contribution in [-0.2, 0) is 14.3 Å². The Morgan fingerprint density at radius 1 is 1.43 bits per heavy atom. The third-order valence-electron chi connectivity index (χ3n) is 2.67. The fourth-order valence-electron chi connectivity index (χ4n) is 1.22. The molecule has 14 heavy (non-hydrogen) atoms. The Morgan fingerprint density at radius 3 is 2.50 bits per heavy atom. The quantitative estimate of drug-likeness (QED) is 0.677. The van der Waals surface area contributed by atoms with Crippen molar-refractivity contribution in [1.29, 1.82) is 0 Å². The van der Waals surface area contributed by atoms with Crippen LogP contribution in [0.3, 0.4) is 0 Å². The van der Waals surface area contributed by atoms with Gasteiger partial charge in [0.25, 0.3) is 0 Å². The van der Waals surface area contributed by atoms with E-state index in [2.05, 4.69) is 0 Å². The zero-order valence-electron chi connectivity index (χ0n) is 9.03. The van der Waals surface area contributed by atoms with Gasteiger partial charge >= 0.3 is 5.97 Å². The van der Waals surface area contributed by atoms with Crippen LogP contribution in [0.1, 0.15) is 20.8 Å². The van der Waals surface area contributed by atoms with Gasteiger partial charge in [0.2, 0.25) is 0 Å². The molecule has 1 aliphatic heterocycles. The highest BCUT2D eigenvalue weighted by Crippen LogP contribution is 2.16. The first-order valence-electron chi connectivity index (χ1n) is 5.06. The molecule has 0 spiro atoms. The molecule has 0 aromatic heterocycles. The second-order valence-corrected chi connectivity index (χ2v) is 4.19. The first-order chi connectivity index (χ1) is 6.52. The Labute approximate surface area is 84.7 Å². The number of nitrogens with two attached hydrogens (primary N) is 1. The summed E-state index contributed by atoms with van der Waals surface area (Å²) in [7, 11) is 0. The van der Waals surface area contributed by atoms with Gasteiger partial charge in [0, 0.05) is 6.04 Å². The van der Waals surface area contributed by atoms with Crippen molar-refractivity contribution in [2.24, 2.45) is 17.6 Å². The summed E-state index contributed by atoms with van der Waals surface area (Å²) in [4.78, 5) is 11.6. The summed E-state index contributed by atoms with van der Waals surface area (Å²) in [5.41, 5.74) is 5.71. The Hall–Kier alpha value is -0.610. The summed E-state index contributed by atoms with van der Waals surface area (Å²) < 4.78 is 10.4. The SMILES string of the molecule is CC(C)C(C)OC(=O)C1COCC1N. The summed E-state index contributed by atoms with van der Waals surface area (Å²) in [5, 5.41) is 0. The summed E-state index contributed by atoms with van der Waals surface area (Å²) in [5.74, 6) is -0.176.